The summed E-state index contributed by atoms with van der Waals surface area (Å²) in [4.78, 5) is 27.8. The average molecular weight is 450 g/mol. The zero-order valence-corrected chi connectivity index (χ0v) is 18.7. The van der Waals surface area contributed by atoms with Crippen molar-refractivity contribution < 1.29 is 18.0 Å². The molecule has 1 aromatic heterocycles. The fourth-order valence-corrected chi connectivity index (χ4v) is 6.70. The summed E-state index contributed by atoms with van der Waals surface area (Å²) < 4.78 is 26.0. The number of hydrogen-bond acceptors (Lipinski definition) is 5. The van der Waals surface area contributed by atoms with Crippen LogP contribution in [0.3, 0.4) is 0 Å². The van der Waals surface area contributed by atoms with Crippen LogP contribution in [0.2, 0.25) is 0 Å². The Bertz CT molecular complexity index is 1070. The van der Waals surface area contributed by atoms with Crippen LogP contribution in [-0.4, -0.2) is 61.4 Å². The predicted molar refractivity (Wildman–Crippen MR) is 118 cm³/mol. The van der Waals surface area contributed by atoms with Gasteiger partial charge in [-0.15, -0.1) is 11.3 Å². The maximum absolute atomic E-state index is 13.2. The van der Waals surface area contributed by atoms with Crippen LogP contribution >= 0.6 is 11.3 Å². The van der Waals surface area contributed by atoms with Crippen LogP contribution in [0, 0.1) is 5.92 Å². The topological polar surface area (TPSA) is 101 Å². The molecule has 0 saturated carbocycles. The number of benzene rings is 1. The Hall–Kier alpha value is -1.97. The molecule has 0 spiro atoms. The van der Waals surface area contributed by atoms with Gasteiger partial charge in [-0.1, -0.05) is 18.2 Å². The summed E-state index contributed by atoms with van der Waals surface area (Å²) in [6.45, 7) is 1.51. The van der Waals surface area contributed by atoms with Crippen molar-refractivity contribution in [2.75, 3.05) is 25.9 Å². The maximum Gasteiger partial charge on any atom is 0.259 e. The molecule has 0 aliphatic carbocycles. The van der Waals surface area contributed by atoms with Crippen molar-refractivity contribution in [2.45, 2.75) is 38.1 Å². The van der Waals surface area contributed by atoms with Crippen molar-refractivity contribution in [1.82, 2.24) is 9.21 Å². The van der Waals surface area contributed by atoms with Gasteiger partial charge in [-0.05, 0) is 49.1 Å². The van der Waals surface area contributed by atoms with Gasteiger partial charge in [-0.25, -0.2) is 12.7 Å². The number of piperidine rings is 1. The van der Waals surface area contributed by atoms with Gasteiger partial charge in [0.05, 0.1) is 11.1 Å². The molecule has 30 heavy (non-hydrogen) atoms. The van der Waals surface area contributed by atoms with Crippen LogP contribution in [0.4, 0.5) is 0 Å². The highest BCUT2D eigenvalue weighted by Crippen LogP contribution is 2.35. The summed E-state index contributed by atoms with van der Waals surface area (Å²) in [5.74, 6) is -0.445. The van der Waals surface area contributed by atoms with Crippen molar-refractivity contribution in [3.8, 4) is 0 Å². The van der Waals surface area contributed by atoms with E-state index in [1.54, 1.807) is 0 Å². The van der Waals surface area contributed by atoms with E-state index in [-0.39, 0.29) is 17.9 Å². The van der Waals surface area contributed by atoms with Crippen LogP contribution in [0.1, 0.15) is 40.9 Å². The monoisotopic (exact) mass is 449 g/mol. The van der Waals surface area contributed by atoms with E-state index in [1.807, 2.05) is 29.2 Å². The number of fused-ring (bicyclic) bond motifs is 1. The molecule has 0 bridgehead atoms. The first-order valence-corrected chi connectivity index (χ1v) is 13.0. The molecule has 2 aliphatic rings. The molecule has 2 aliphatic heterocycles. The molecule has 162 valence electrons. The number of nitrogens with zero attached hydrogens (tertiary/aromatic N) is 2. The zero-order chi connectivity index (χ0) is 21.5. The number of likely N-dealkylation sites (tertiary alicyclic amines) is 1. The summed E-state index contributed by atoms with van der Waals surface area (Å²) in [6.07, 6.45) is 4.79. The lowest BCUT2D eigenvalue weighted by molar-refractivity contribution is -0.137. The van der Waals surface area contributed by atoms with Crippen molar-refractivity contribution in [3.63, 3.8) is 0 Å². The molecule has 2 N–H and O–H groups in total. The third-order valence-electron chi connectivity index (χ3n) is 6.29. The third-order valence-corrected chi connectivity index (χ3v) is 8.83. The van der Waals surface area contributed by atoms with Gasteiger partial charge in [0.1, 0.15) is 0 Å². The number of carbonyl (C=O) groups excluding carboxylic acids is 2. The van der Waals surface area contributed by atoms with Crippen LogP contribution in [0.5, 0.6) is 0 Å². The smallest absolute Gasteiger partial charge is 0.259 e. The Morgan fingerprint density at radius 2 is 1.83 bits per heavy atom. The summed E-state index contributed by atoms with van der Waals surface area (Å²) >= 11 is 1.42. The Morgan fingerprint density at radius 1 is 1.13 bits per heavy atom. The normalized spacial score (nSPS) is 21.4. The minimum Gasteiger partial charge on any atom is -0.365 e. The molecule has 1 aromatic carbocycles. The molecule has 0 radical (unpaired) electrons. The molecular formula is C21H27N3O4S2. The van der Waals surface area contributed by atoms with Gasteiger partial charge >= 0.3 is 0 Å². The fourth-order valence-electron chi connectivity index (χ4n) is 4.74. The van der Waals surface area contributed by atoms with Crippen molar-refractivity contribution in [2.24, 2.45) is 11.7 Å². The van der Waals surface area contributed by atoms with Gasteiger partial charge in [0.25, 0.3) is 5.91 Å². The van der Waals surface area contributed by atoms with E-state index in [1.165, 1.54) is 21.9 Å². The first-order valence-electron chi connectivity index (χ1n) is 10.3. The Labute approximate surface area is 180 Å². The number of primary amides is 1. The highest BCUT2D eigenvalue weighted by atomic mass is 32.2. The van der Waals surface area contributed by atoms with Gasteiger partial charge in [0.15, 0.2) is 0 Å². The van der Waals surface area contributed by atoms with Crippen LogP contribution < -0.4 is 5.73 Å². The summed E-state index contributed by atoms with van der Waals surface area (Å²) in [5, 5.41) is 1.04. The van der Waals surface area contributed by atoms with E-state index in [9.17, 15) is 18.0 Å². The molecule has 1 atom stereocenters. The molecule has 2 fully saturated rings. The summed E-state index contributed by atoms with van der Waals surface area (Å²) in [6, 6.07) is 7.94. The van der Waals surface area contributed by atoms with Crippen LogP contribution in [0.15, 0.2) is 24.3 Å². The highest BCUT2D eigenvalue weighted by Gasteiger charge is 2.36. The molecule has 3 heterocycles. The molecule has 0 unspecified atom stereocenters. The third kappa shape index (κ3) is 4.10. The van der Waals surface area contributed by atoms with E-state index >= 15 is 0 Å². The van der Waals surface area contributed by atoms with E-state index in [0.29, 0.717) is 43.8 Å². The number of rotatable bonds is 5. The van der Waals surface area contributed by atoms with Crippen LogP contribution in [0.25, 0.3) is 10.1 Å². The van der Waals surface area contributed by atoms with Gasteiger partial charge in [0, 0.05) is 36.3 Å². The second-order valence-corrected chi connectivity index (χ2v) is 11.3. The molecule has 2 saturated heterocycles. The highest BCUT2D eigenvalue weighted by molar-refractivity contribution is 7.88. The second kappa shape index (κ2) is 8.28. The SMILES string of the molecule is CS(=O)(=O)N1CCC(C(=O)N2CCC[C@H]2Cc2c(C(N)=O)sc3ccccc23)CC1. The van der Waals surface area contributed by atoms with Crippen LogP contribution in [-0.2, 0) is 21.2 Å². The lowest BCUT2D eigenvalue weighted by Crippen LogP contribution is -2.46. The quantitative estimate of drug-likeness (QED) is 0.756. The van der Waals surface area contributed by atoms with E-state index < -0.39 is 15.9 Å². The summed E-state index contributed by atoms with van der Waals surface area (Å²) in [5.41, 5.74) is 6.59. The Kier molecular flexibility index (Phi) is 5.87. The summed E-state index contributed by atoms with van der Waals surface area (Å²) in [7, 11) is -3.21. The van der Waals surface area contributed by atoms with Gasteiger partial charge in [0.2, 0.25) is 15.9 Å². The predicted octanol–water partition coefficient (Wildman–Crippen LogP) is 2.21. The number of carbonyl (C=O) groups is 2. The molecule has 9 heteroatoms. The number of sulfonamides is 1. The van der Waals surface area contributed by atoms with E-state index in [4.69, 9.17) is 5.73 Å². The second-order valence-electron chi connectivity index (χ2n) is 8.24. The van der Waals surface area contributed by atoms with Gasteiger partial charge < -0.3 is 10.6 Å². The minimum atomic E-state index is -3.21. The molecular weight excluding hydrogens is 422 g/mol. The Balaban J connectivity index is 1.51. The lowest BCUT2D eigenvalue weighted by Gasteiger charge is -2.34. The first-order chi connectivity index (χ1) is 14.3. The minimum absolute atomic E-state index is 0.0431. The largest absolute Gasteiger partial charge is 0.365 e. The van der Waals surface area contributed by atoms with E-state index in [0.717, 1.165) is 28.5 Å². The standard InChI is InChI=1S/C21H27N3O4S2/c1-30(27,28)23-11-8-14(9-12-23)21(26)24-10-4-5-15(24)13-17-16-6-2-3-7-18(16)29-19(17)20(22)25/h2-3,6-7,14-15H,4-5,8-13H2,1H3,(H2,22,25)/t15-/m0/s1. The zero-order valence-electron chi connectivity index (χ0n) is 17.0. The van der Waals surface area contributed by atoms with Crippen molar-refractivity contribution >= 4 is 43.3 Å². The molecule has 7 nitrogen and oxygen atoms in total. The lowest BCUT2D eigenvalue weighted by atomic mass is 9.95. The number of thiophene rings is 1. The van der Waals surface area contributed by atoms with Crippen molar-refractivity contribution in [1.29, 1.82) is 0 Å². The first kappa shape index (κ1) is 21.3. The van der Waals surface area contributed by atoms with Crippen molar-refractivity contribution in [3.05, 3.63) is 34.7 Å². The number of hydrogen-bond donors (Lipinski definition) is 1. The average Bonchev–Trinajstić information content (AvgIpc) is 3.32. The Morgan fingerprint density at radius 3 is 2.50 bits per heavy atom. The number of amides is 2. The molecule has 2 aromatic rings. The maximum atomic E-state index is 13.2. The molecule has 4 rings (SSSR count). The molecule has 2 amide bonds. The van der Waals surface area contributed by atoms with E-state index in [2.05, 4.69) is 0 Å². The fraction of sp³-hybridized carbons (Fsp3) is 0.524. The van der Waals surface area contributed by atoms with Gasteiger partial charge in [-0.3, -0.25) is 9.59 Å². The van der Waals surface area contributed by atoms with Gasteiger partial charge in [-0.2, -0.15) is 0 Å². The number of nitrogens with two attached hydrogens (primary N) is 1.